The van der Waals surface area contributed by atoms with E-state index in [1.54, 1.807) is 12.1 Å². The zero-order chi connectivity index (χ0) is 35.2. The molecule has 0 aliphatic rings. The average molecular weight is 735 g/mol. The van der Waals surface area contributed by atoms with Gasteiger partial charge in [-0.15, -0.1) is 0 Å². The third kappa shape index (κ3) is 13.5. The van der Waals surface area contributed by atoms with Gasteiger partial charge >= 0.3 is 37.7 Å². The van der Waals surface area contributed by atoms with Gasteiger partial charge < -0.3 is 9.11 Å². The first-order chi connectivity index (χ1) is 22.9. The summed E-state index contributed by atoms with van der Waals surface area (Å²) in [6.45, 7) is 8.64. The van der Waals surface area contributed by atoms with Crippen molar-refractivity contribution in [3.05, 3.63) is 82.9 Å². The second-order valence-corrected chi connectivity index (χ2v) is 15.6. The van der Waals surface area contributed by atoms with E-state index in [2.05, 4.69) is 39.8 Å². The Balaban J connectivity index is 0.000000333. The molecule has 264 valence electrons. The van der Waals surface area contributed by atoms with E-state index in [0.717, 1.165) is 136 Å². The van der Waals surface area contributed by atoms with Crippen molar-refractivity contribution in [1.29, 1.82) is 0 Å². The van der Waals surface area contributed by atoms with E-state index < -0.39 is 20.2 Å². The van der Waals surface area contributed by atoms with Gasteiger partial charge in [0, 0.05) is 0 Å². The second kappa shape index (κ2) is 21.8. The summed E-state index contributed by atoms with van der Waals surface area (Å²) >= 11 is 0. The van der Waals surface area contributed by atoms with Crippen molar-refractivity contribution in [2.24, 2.45) is 0 Å². The molecule has 4 aromatic rings. The molecule has 0 amide bonds. The summed E-state index contributed by atoms with van der Waals surface area (Å²) < 4.78 is 69.8. The molecule has 0 fully saturated rings. The maximum atomic E-state index is 11.6. The number of benzene rings is 4. The second-order valence-electron chi connectivity index (χ2n) is 12.9. The Morgan fingerprint density at radius 1 is 0.429 bits per heavy atom. The quantitative estimate of drug-likeness (QED) is 0.0571. The van der Waals surface area contributed by atoms with Crippen LogP contribution in [0.25, 0.3) is 21.5 Å². The Labute approximate surface area is 326 Å². The van der Waals surface area contributed by atoms with Crippen molar-refractivity contribution in [3.63, 3.8) is 0 Å². The van der Waals surface area contributed by atoms with Crippen LogP contribution in [0.5, 0.6) is 0 Å². The summed E-state index contributed by atoms with van der Waals surface area (Å²) in [5.74, 6) is 0. The standard InChI is InChI=1S/2C20H28O3S.Ca/c2*1-3-5-7-9-16-11-13-18-17(10-8-6-4-2)12-14-20(19(18)15-16)24(21,22)23;/h2*11-15H,3-10H2,1-2H3,(H,21,22,23);/q;;+2/p-2. The molecule has 0 heterocycles. The van der Waals surface area contributed by atoms with Crippen molar-refractivity contribution in [1.82, 2.24) is 0 Å². The van der Waals surface area contributed by atoms with Gasteiger partial charge in [-0.25, -0.2) is 16.8 Å². The summed E-state index contributed by atoms with van der Waals surface area (Å²) in [5, 5.41) is 2.99. The molecule has 0 bridgehead atoms. The predicted molar refractivity (Wildman–Crippen MR) is 202 cm³/mol. The fourth-order valence-electron chi connectivity index (χ4n) is 6.33. The molecule has 0 aliphatic carbocycles. The van der Waals surface area contributed by atoms with Crippen molar-refractivity contribution in [2.75, 3.05) is 0 Å². The zero-order valence-corrected chi connectivity index (χ0v) is 33.9. The van der Waals surface area contributed by atoms with Gasteiger partial charge in [0.25, 0.3) is 0 Å². The van der Waals surface area contributed by atoms with Crippen LogP contribution in [0.1, 0.15) is 127 Å². The van der Waals surface area contributed by atoms with Crippen molar-refractivity contribution >= 4 is 79.5 Å². The molecule has 0 aromatic heterocycles. The minimum atomic E-state index is -4.46. The molecular weight excluding hydrogens is 681 g/mol. The number of unbranched alkanes of at least 4 members (excludes halogenated alkanes) is 8. The number of hydrogen-bond donors (Lipinski definition) is 0. The number of rotatable bonds is 18. The molecule has 4 aromatic carbocycles. The van der Waals surface area contributed by atoms with Gasteiger partial charge in [0.2, 0.25) is 0 Å². The molecule has 0 saturated heterocycles. The van der Waals surface area contributed by atoms with Gasteiger partial charge in [0.1, 0.15) is 20.2 Å². The summed E-state index contributed by atoms with van der Waals surface area (Å²) in [6, 6.07) is 18.5. The van der Waals surface area contributed by atoms with E-state index in [1.165, 1.54) is 12.1 Å². The Hall–Kier alpha value is -1.52. The Bertz CT molecular complexity index is 1700. The maximum Gasteiger partial charge on any atom is 2.00 e. The van der Waals surface area contributed by atoms with Crippen LogP contribution in [0.4, 0.5) is 0 Å². The van der Waals surface area contributed by atoms with Gasteiger partial charge in [-0.05, 0) is 119 Å². The maximum absolute atomic E-state index is 11.6. The van der Waals surface area contributed by atoms with Crippen LogP contribution >= 0.6 is 0 Å². The largest absolute Gasteiger partial charge is 2.00 e. The van der Waals surface area contributed by atoms with Gasteiger partial charge in [-0.2, -0.15) is 0 Å². The Kier molecular flexibility index (Phi) is 19.4. The van der Waals surface area contributed by atoms with E-state index in [9.17, 15) is 25.9 Å². The monoisotopic (exact) mass is 734 g/mol. The third-order valence-electron chi connectivity index (χ3n) is 9.04. The summed E-state index contributed by atoms with van der Waals surface area (Å²) in [4.78, 5) is -0.178. The van der Waals surface area contributed by atoms with Gasteiger partial charge in [-0.1, -0.05) is 115 Å². The van der Waals surface area contributed by atoms with E-state index in [-0.39, 0.29) is 47.5 Å². The van der Waals surface area contributed by atoms with Crippen molar-refractivity contribution < 1.29 is 25.9 Å². The van der Waals surface area contributed by atoms with Gasteiger partial charge in [-0.3, -0.25) is 0 Å². The molecule has 0 radical (unpaired) electrons. The minimum absolute atomic E-state index is 0. The van der Waals surface area contributed by atoms with Crippen molar-refractivity contribution in [2.45, 2.75) is 140 Å². The molecule has 9 heteroatoms. The summed E-state index contributed by atoms with van der Waals surface area (Å²) in [5.41, 5.74) is 4.47. The van der Waals surface area contributed by atoms with E-state index >= 15 is 0 Å². The van der Waals surface area contributed by atoms with Crippen LogP contribution in [-0.2, 0) is 45.9 Å². The van der Waals surface area contributed by atoms with Crippen LogP contribution in [0.3, 0.4) is 0 Å². The summed E-state index contributed by atoms with van der Waals surface area (Å²) in [7, 11) is -8.93. The first-order valence-corrected chi connectivity index (χ1v) is 20.8. The normalized spacial score (nSPS) is 11.7. The molecule has 0 spiro atoms. The molecule has 0 unspecified atom stereocenters. The fraction of sp³-hybridized carbons (Fsp3) is 0.500. The molecule has 49 heavy (non-hydrogen) atoms. The first kappa shape index (κ1) is 43.6. The van der Waals surface area contributed by atoms with E-state index in [4.69, 9.17) is 0 Å². The smallest absolute Gasteiger partial charge is 0.744 e. The van der Waals surface area contributed by atoms with Gasteiger partial charge in [0.15, 0.2) is 0 Å². The molecule has 0 saturated carbocycles. The topological polar surface area (TPSA) is 114 Å². The summed E-state index contributed by atoms with van der Waals surface area (Å²) in [6.07, 6.45) is 17.2. The average Bonchev–Trinajstić information content (AvgIpc) is 3.04. The number of fused-ring (bicyclic) bond motifs is 2. The van der Waals surface area contributed by atoms with E-state index in [0.29, 0.717) is 10.8 Å². The van der Waals surface area contributed by atoms with E-state index in [1.807, 2.05) is 24.3 Å². The van der Waals surface area contributed by atoms with Crippen LogP contribution in [0.2, 0.25) is 0 Å². The molecule has 0 aliphatic heterocycles. The number of aryl methyl sites for hydroxylation is 4. The van der Waals surface area contributed by atoms with Crippen LogP contribution in [-0.4, -0.2) is 63.7 Å². The molecular formula is C40H54CaO6S2. The molecule has 6 nitrogen and oxygen atoms in total. The first-order valence-electron chi connectivity index (χ1n) is 17.9. The Morgan fingerprint density at radius 2 is 0.755 bits per heavy atom. The SMILES string of the molecule is CCCCCc1ccc2c(CCCCC)ccc(S(=O)(=O)[O-])c2c1.CCCCCc1ccc2c(CCCCC)ccc(S(=O)(=O)[O-])c2c1.[Ca+2]. The predicted octanol–water partition coefficient (Wildman–Crippen LogP) is 10.0. The minimum Gasteiger partial charge on any atom is -0.744 e. The Morgan fingerprint density at radius 3 is 1.06 bits per heavy atom. The van der Waals surface area contributed by atoms with Crippen LogP contribution in [0.15, 0.2) is 70.5 Å². The van der Waals surface area contributed by atoms with Crippen LogP contribution < -0.4 is 0 Å². The molecule has 0 N–H and O–H groups in total. The molecule has 0 atom stereocenters. The van der Waals surface area contributed by atoms with Crippen molar-refractivity contribution in [3.8, 4) is 0 Å². The van der Waals surface area contributed by atoms with Gasteiger partial charge in [0.05, 0.1) is 9.79 Å². The fourth-order valence-corrected chi connectivity index (χ4v) is 7.68. The van der Waals surface area contributed by atoms with Crippen LogP contribution in [0, 0.1) is 0 Å². The number of hydrogen-bond acceptors (Lipinski definition) is 6. The third-order valence-corrected chi connectivity index (χ3v) is 10.8. The molecule has 4 rings (SSSR count). The zero-order valence-electron chi connectivity index (χ0n) is 30.1.